The highest BCUT2D eigenvalue weighted by Crippen LogP contribution is 2.08. The molecule has 0 saturated carbocycles. The van der Waals surface area contributed by atoms with Crippen molar-refractivity contribution in [1.29, 1.82) is 0 Å². The maximum absolute atomic E-state index is 10.7. The topological polar surface area (TPSA) is 85.9 Å². The number of hydrogen-bond acceptors (Lipinski definition) is 6. The quantitative estimate of drug-likeness (QED) is 0.309. The summed E-state index contributed by atoms with van der Waals surface area (Å²) in [6.45, 7) is 6.05. The van der Waals surface area contributed by atoms with E-state index in [1.165, 1.54) is 0 Å². The van der Waals surface area contributed by atoms with E-state index in [9.17, 15) is 4.79 Å². The van der Waals surface area contributed by atoms with Crippen molar-refractivity contribution in [3.05, 3.63) is 29.8 Å². The summed E-state index contributed by atoms with van der Waals surface area (Å²) in [6.07, 6.45) is 0. The number of carboxylic acid groups (broad SMARTS) is 1. The van der Waals surface area contributed by atoms with E-state index in [2.05, 4.69) is 21.1 Å². The van der Waals surface area contributed by atoms with Gasteiger partial charge in [-0.15, -0.1) is 0 Å². The number of morpholine rings is 1. The van der Waals surface area contributed by atoms with Crippen LogP contribution in [0.3, 0.4) is 0 Å². The Bertz CT molecular complexity index is 432. The number of nitrogens with one attached hydrogen (secondary N) is 3. The van der Waals surface area contributed by atoms with Crippen molar-refractivity contribution in [1.82, 2.24) is 15.8 Å². The van der Waals surface area contributed by atoms with Gasteiger partial charge in [-0.1, -0.05) is 0 Å². The number of carbonyl (C=O) groups is 1. The molecule has 7 heteroatoms. The normalized spacial score (nSPS) is 15.8. The van der Waals surface area contributed by atoms with Crippen molar-refractivity contribution < 1.29 is 14.6 Å². The smallest absolute Gasteiger partial charge is 0.335 e. The van der Waals surface area contributed by atoms with Crippen LogP contribution in [0.2, 0.25) is 0 Å². The number of rotatable bonds is 8. The Morgan fingerprint density at radius 3 is 2.57 bits per heavy atom. The zero-order chi connectivity index (χ0) is 14.9. The van der Waals surface area contributed by atoms with Crippen LogP contribution >= 0.6 is 0 Å². The summed E-state index contributed by atoms with van der Waals surface area (Å²) >= 11 is 0. The predicted octanol–water partition coefficient (Wildman–Crippen LogP) is 0.181. The van der Waals surface area contributed by atoms with E-state index in [4.69, 9.17) is 9.84 Å². The van der Waals surface area contributed by atoms with Crippen LogP contribution in [0.25, 0.3) is 0 Å². The highest BCUT2D eigenvalue weighted by Gasteiger charge is 2.08. The number of anilines is 1. The second-order valence-electron chi connectivity index (χ2n) is 4.79. The molecule has 4 N–H and O–H groups in total. The summed E-state index contributed by atoms with van der Waals surface area (Å²) in [4.78, 5) is 13.1. The summed E-state index contributed by atoms with van der Waals surface area (Å²) in [5.74, 6) is -0.913. The van der Waals surface area contributed by atoms with Crippen LogP contribution in [0.1, 0.15) is 10.4 Å². The van der Waals surface area contributed by atoms with E-state index < -0.39 is 5.97 Å². The third-order valence-corrected chi connectivity index (χ3v) is 3.29. The van der Waals surface area contributed by atoms with Crippen molar-refractivity contribution in [2.24, 2.45) is 0 Å². The lowest BCUT2D eigenvalue weighted by Crippen LogP contribution is -2.44. The molecular formula is C14H22N4O3. The molecular weight excluding hydrogens is 272 g/mol. The van der Waals surface area contributed by atoms with Crippen molar-refractivity contribution in [2.45, 2.75) is 0 Å². The summed E-state index contributed by atoms with van der Waals surface area (Å²) in [6, 6.07) is 6.66. The van der Waals surface area contributed by atoms with Gasteiger partial charge in [0.25, 0.3) is 0 Å². The molecule has 116 valence electrons. The zero-order valence-electron chi connectivity index (χ0n) is 12.0. The van der Waals surface area contributed by atoms with Crippen molar-refractivity contribution >= 4 is 11.7 Å². The fraction of sp³-hybridized carbons (Fsp3) is 0.500. The molecule has 0 aliphatic carbocycles. The van der Waals surface area contributed by atoms with Crippen LogP contribution in [0, 0.1) is 0 Å². The Balaban J connectivity index is 1.54. The fourth-order valence-corrected chi connectivity index (χ4v) is 2.07. The summed E-state index contributed by atoms with van der Waals surface area (Å²) in [5.41, 5.74) is 7.39. The van der Waals surface area contributed by atoms with Crippen molar-refractivity contribution in [3.63, 3.8) is 0 Å². The summed E-state index contributed by atoms with van der Waals surface area (Å²) < 4.78 is 5.29. The largest absolute Gasteiger partial charge is 0.478 e. The van der Waals surface area contributed by atoms with Crippen LogP contribution in [-0.2, 0) is 4.74 Å². The Hall–Kier alpha value is -1.67. The number of ether oxygens (including phenoxy) is 1. The molecule has 2 rings (SSSR count). The van der Waals surface area contributed by atoms with E-state index in [-0.39, 0.29) is 5.56 Å². The third-order valence-electron chi connectivity index (χ3n) is 3.29. The predicted molar refractivity (Wildman–Crippen MR) is 80.3 cm³/mol. The van der Waals surface area contributed by atoms with Gasteiger partial charge in [-0.05, 0) is 24.3 Å². The Morgan fingerprint density at radius 2 is 1.90 bits per heavy atom. The van der Waals surface area contributed by atoms with Gasteiger partial charge in [0.15, 0.2) is 0 Å². The van der Waals surface area contributed by atoms with Gasteiger partial charge in [-0.3, -0.25) is 10.3 Å². The number of benzene rings is 1. The van der Waals surface area contributed by atoms with Crippen LogP contribution < -0.4 is 16.2 Å². The first-order valence-electron chi connectivity index (χ1n) is 7.09. The molecule has 0 spiro atoms. The van der Waals surface area contributed by atoms with Gasteiger partial charge in [0.1, 0.15) is 0 Å². The number of hydrogen-bond donors (Lipinski definition) is 4. The van der Waals surface area contributed by atoms with Gasteiger partial charge in [-0.25, -0.2) is 10.2 Å². The summed E-state index contributed by atoms with van der Waals surface area (Å²) in [7, 11) is 0. The molecule has 0 amide bonds. The molecule has 0 unspecified atom stereocenters. The second-order valence-corrected chi connectivity index (χ2v) is 4.79. The second kappa shape index (κ2) is 8.58. The summed E-state index contributed by atoms with van der Waals surface area (Å²) in [5, 5.41) is 12.0. The zero-order valence-corrected chi connectivity index (χ0v) is 12.0. The molecule has 1 heterocycles. The molecule has 0 radical (unpaired) electrons. The molecule has 1 fully saturated rings. The molecule has 1 aromatic rings. The van der Waals surface area contributed by atoms with Gasteiger partial charge in [0, 0.05) is 31.9 Å². The van der Waals surface area contributed by atoms with E-state index in [1.54, 1.807) is 24.3 Å². The van der Waals surface area contributed by atoms with E-state index in [0.29, 0.717) is 6.67 Å². The fourth-order valence-electron chi connectivity index (χ4n) is 2.07. The van der Waals surface area contributed by atoms with E-state index in [1.807, 2.05) is 0 Å². The number of hydrazine groups is 1. The molecule has 7 nitrogen and oxygen atoms in total. The molecule has 0 aromatic heterocycles. The minimum absolute atomic E-state index is 0.289. The lowest BCUT2D eigenvalue weighted by molar-refractivity contribution is 0.0381. The Morgan fingerprint density at radius 1 is 1.19 bits per heavy atom. The number of carboxylic acids is 1. The monoisotopic (exact) mass is 294 g/mol. The third kappa shape index (κ3) is 5.68. The lowest BCUT2D eigenvalue weighted by atomic mass is 10.2. The molecule has 1 aliphatic heterocycles. The molecule has 21 heavy (non-hydrogen) atoms. The van der Waals surface area contributed by atoms with Gasteiger partial charge in [-0.2, -0.15) is 0 Å². The van der Waals surface area contributed by atoms with Crippen molar-refractivity contribution in [3.8, 4) is 0 Å². The highest BCUT2D eigenvalue weighted by molar-refractivity contribution is 5.87. The van der Waals surface area contributed by atoms with Crippen LogP contribution in [-0.4, -0.2) is 62.0 Å². The van der Waals surface area contributed by atoms with E-state index in [0.717, 1.165) is 45.1 Å². The lowest BCUT2D eigenvalue weighted by Gasteiger charge is -2.26. The van der Waals surface area contributed by atoms with E-state index >= 15 is 0 Å². The first-order valence-corrected chi connectivity index (χ1v) is 7.09. The average Bonchev–Trinajstić information content (AvgIpc) is 2.52. The number of aromatic carboxylic acids is 1. The van der Waals surface area contributed by atoms with Gasteiger partial charge in [0.05, 0.1) is 25.4 Å². The maximum Gasteiger partial charge on any atom is 0.335 e. The van der Waals surface area contributed by atoms with Crippen LogP contribution in [0.4, 0.5) is 5.69 Å². The standard InChI is InChI=1S/C14H22N4O3/c19-14(20)12-1-3-13(4-2-12)15-11-17-16-5-6-18-7-9-21-10-8-18/h1-4,15-17H,5-11H2,(H,19,20). The molecule has 1 saturated heterocycles. The first kappa shape index (κ1) is 15.7. The average molecular weight is 294 g/mol. The molecule has 1 aliphatic rings. The minimum Gasteiger partial charge on any atom is -0.478 e. The molecule has 1 aromatic carbocycles. The number of nitrogens with zero attached hydrogens (tertiary/aromatic N) is 1. The highest BCUT2D eigenvalue weighted by atomic mass is 16.5. The van der Waals surface area contributed by atoms with Crippen molar-refractivity contribution in [2.75, 3.05) is 51.4 Å². The van der Waals surface area contributed by atoms with Gasteiger partial charge in [0.2, 0.25) is 0 Å². The Labute approximate surface area is 124 Å². The molecule has 0 bridgehead atoms. The molecule has 0 atom stereocenters. The first-order chi connectivity index (χ1) is 10.3. The van der Waals surface area contributed by atoms with Crippen LogP contribution in [0.5, 0.6) is 0 Å². The van der Waals surface area contributed by atoms with Crippen LogP contribution in [0.15, 0.2) is 24.3 Å². The minimum atomic E-state index is -0.913. The van der Waals surface area contributed by atoms with Gasteiger partial charge < -0.3 is 15.2 Å². The maximum atomic E-state index is 10.7. The Kier molecular flexibility index (Phi) is 6.42. The van der Waals surface area contributed by atoms with Gasteiger partial charge >= 0.3 is 5.97 Å². The SMILES string of the molecule is O=C(O)c1ccc(NCNNCCN2CCOCC2)cc1.